The summed E-state index contributed by atoms with van der Waals surface area (Å²) in [7, 11) is 0. The number of pyridine rings is 1. The predicted molar refractivity (Wildman–Crippen MR) is 140 cm³/mol. The maximum Gasteiger partial charge on any atom is 0.188 e. The number of carbonyl (C=O) groups is 2. The highest BCUT2D eigenvalue weighted by Gasteiger charge is 2.17. The largest absolute Gasteiger partial charge is 0.342 e. The maximum atomic E-state index is 13.1. The van der Waals surface area contributed by atoms with E-state index in [0.29, 0.717) is 35.4 Å². The quantitative estimate of drug-likeness (QED) is 0.265. The molecule has 1 N–H and O–H groups in total. The standard InChI is InChI=1S/C29H21N3O2S/c33-25(13-12-21-14-19-7-3-4-11-27(19)35-21)22-9-5-10-23-29(22)32-28(31-23)16-26(34)24-15-18-6-1-2-8-20(18)17-30-24/h1-11,14-15,17H,12-13,16H2,(H,31,32). The molecule has 0 radical (unpaired) electrons. The number of carbonyl (C=O) groups excluding carboxylic acids is 2. The minimum atomic E-state index is -0.118. The normalized spacial score (nSPS) is 11.4. The summed E-state index contributed by atoms with van der Waals surface area (Å²) in [6, 6.07) is 25.6. The number of hydrogen-bond acceptors (Lipinski definition) is 5. The summed E-state index contributed by atoms with van der Waals surface area (Å²) in [5, 5.41) is 3.18. The van der Waals surface area contributed by atoms with Crippen LogP contribution in [0.5, 0.6) is 0 Å². The topological polar surface area (TPSA) is 75.7 Å². The van der Waals surface area contributed by atoms with Gasteiger partial charge in [0.25, 0.3) is 0 Å². The Kier molecular flexibility index (Phi) is 5.43. The molecule has 6 aromatic rings. The lowest BCUT2D eigenvalue weighted by atomic mass is 10.0. The Balaban J connectivity index is 1.21. The van der Waals surface area contributed by atoms with Crippen molar-refractivity contribution in [3.63, 3.8) is 0 Å². The number of nitrogens with zero attached hydrogens (tertiary/aromatic N) is 2. The van der Waals surface area contributed by atoms with Crippen LogP contribution in [-0.2, 0) is 12.8 Å². The summed E-state index contributed by atoms with van der Waals surface area (Å²) in [6.07, 6.45) is 2.91. The number of hydrogen-bond donors (Lipinski definition) is 1. The van der Waals surface area contributed by atoms with E-state index in [-0.39, 0.29) is 18.0 Å². The molecule has 5 nitrogen and oxygen atoms in total. The molecule has 0 aliphatic heterocycles. The first-order valence-corrected chi connectivity index (χ1v) is 12.3. The first-order valence-electron chi connectivity index (χ1n) is 11.5. The second kappa shape index (κ2) is 8.89. The number of ketones is 2. The van der Waals surface area contributed by atoms with E-state index in [1.165, 1.54) is 15.0 Å². The maximum absolute atomic E-state index is 13.1. The van der Waals surface area contributed by atoms with Gasteiger partial charge in [-0.3, -0.25) is 14.6 Å². The molecule has 170 valence electrons. The minimum Gasteiger partial charge on any atom is -0.342 e. The van der Waals surface area contributed by atoms with Crippen LogP contribution in [0.1, 0.15) is 38.0 Å². The van der Waals surface area contributed by atoms with Gasteiger partial charge >= 0.3 is 0 Å². The molecule has 3 heterocycles. The fraction of sp³-hybridized carbons (Fsp3) is 0.103. The lowest BCUT2D eigenvalue weighted by Gasteiger charge is -2.01. The Morgan fingerprint density at radius 3 is 2.49 bits per heavy atom. The van der Waals surface area contributed by atoms with Gasteiger partial charge in [-0.1, -0.05) is 48.5 Å². The van der Waals surface area contributed by atoms with Gasteiger partial charge in [0.05, 0.1) is 17.5 Å². The Morgan fingerprint density at radius 1 is 0.829 bits per heavy atom. The Labute approximate surface area is 205 Å². The Morgan fingerprint density at radius 2 is 1.63 bits per heavy atom. The van der Waals surface area contributed by atoms with Crippen molar-refractivity contribution in [3.8, 4) is 0 Å². The number of H-pyrrole nitrogens is 1. The third-order valence-corrected chi connectivity index (χ3v) is 7.36. The van der Waals surface area contributed by atoms with Gasteiger partial charge in [0.1, 0.15) is 11.5 Å². The first-order chi connectivity index (χ1) is 17.1. The number of aromatic amines is 1. The van der Waals surface area contributed by atoms with Crippen molar-refractivity contribution in [1.82, 2.24) is 15.0 Å². The molecular formula is C29H21N3O2S. The Bertz CT molecular complexity index is 1700. The van der Waals surface area contributed by atoms with E-state index in [0.717, 1.165) is 16.3 Å². The van der Waals surface area contributed by atoms with Gasteiger partial charge in [0.2, 0.25) is 0 Å². The second-order valence-electron chi connectivity index (χ2n) is 8.58. The van der Waals surface area contributed by atoms with Crippen LogP contribution in [0.2, 0.25) is 0 Å². The molecular weight excluding hydrogens is 454 g/mol. The summed E-state index contributed by atoms with van der Waals surface area (Å²) in [6.45, 7) is 0. The van der Waals surface area contributed by atoms with E-state index in [2.05, 4.69) is 33.2 Å². The number of imidazole rings is 1. The van der Waals surface area contributed by atoms with Crippen LogP contribution in [0.4, 0.5) is 0 Å². The molecule has 0 bridgehead atoms. The number of rotatable bonds is 7. The molecule has 3 aromatic heterocycles. The van der Waals surface area contributed by atoms with Gasteiger partial charge < -0.3 is 4.98 Å². The van der Waals surface area contributed by atoms with E-state index in [1.54, 1.807) is 17.5 Å². The molecule has 0 amide bonds. The van der Waals surface area contributed by atoms with E-state index in [1.807, 2.05) is 60.7 Å². The van der Waals surface area contributed by atoms with Crippen LogP contribution in [-0.4, -0.2) is 26.5 Å². The van der Waals surface area contributed by atoms with E-state index in [9.17, 15) is 9.59 Å². The second-order valence-corrected chi connectivity index (χ2v) is 9.74. The lowest BCUT2D eigenvalue weighted by molar-refractivity contribution is 0.0978. The highest BCUT2D eigenvalue weighted by Crippen LogP contribution is 2.27. The number of benzene rings is 3. The molecule has 0 unspecified atom stereocenters. The fourth-order valence-corrected chi connectivity index (χ4v) is 5.47. The zero-order chi connectivity index (χ0) is 23.8. The molecule has 0 saturated heterocycles. The van der Waals surface area contributed by atoms with Crippen molar-refractivity contribution < 1.29 is 9.59 Å². The third-order valence-electron chi connectivity index (χ3n) is 6.18. The number of aromatic nitrogens is 3. The van der Waals surface area contributed by atoms with E-state index < -0.39 is 0 Å². The number of fused-ring (bicyclic) bond motifs is 3. The molecule has 35 heavy (non-hydrogen) atoms. The number of nitrogens with one attached hydrogen (secondary N) is 1. The smallest absolute Gasteiger partial charge is 0.188 e. The van der Waals surface area contributed by atoms with Gasteiger partial charge in [0, 0.05) is 33.1 Å². The van der Waals surface area contributed by atoms with Crippen LogP contribution in [0.15, 0.2) is 85.1 Å². The average Bonchev–Trinajstić information content (AvgIpc) is 3.50. The molecule has 0 spiro atoms. The summed E-state index contributed by atoms with van der Waals surface area (Å²) in [4.78, 5) is 39.4. The van der Waals surface area contributed by atoms with E-state index >= 15 is 0 Å². The van der Waals surface area contributed by atoms with Crippen molar-refractivity contribution >= 4 is 54.8 Å². The first kappa shape index (κ1) is 21.4. The molecule has 0 atom stereocenters. The molecule has 0 saturated carbocycles. The third kappa shape index (κ3) is 4.24. The van der Waals surface area contributed by atoms with Gasteiger partial charge in [0.15, 0.2) is 11.6 Å². The van der Waals surface area contributed by atoms with Crippen LogP contribution >= 0.6 is 11.3 Å². The predicted octanol–water partition coefficient (Wildman–Crippen LogP) is 6.57. The number of Topliss-reactive ketones (excluding diaryl/α,β-unsaturated/α-hetero) is 2. The van der Waals surface area contributed by atoms with Crippen molar-refractivity contribution in [3.05, 3.63) is 107 Å². The van der Waals surface area contributed by atoms with Gasteiger partial charge in [-0.2, -0.15) is 0 Å². The highest BCUT2D eigenvalue weighted by atomic mass is 32.1. The van der Waals surface area contributed by atoms with Gasteiger partial charge in [-0.25, -0.2) is 4.98 Å². The fourth-order valence-electron chi connectivity index (χ4n) is 4.40. The van der Waals surface area contributed by atoms with Crippen LogP contribution < -0.4 is 0 Å². The van der Waals surface area contributed by atoms with Crippen molar-refractivity contribution in [2.24, 2.45) is 0 Å². The van der Waals surface area contributed by atoms with Crippen LogP contribution in [0.3, 0.4) is 0 Å². The summed E-state index contributed by atoms with van der Waals surface area (Å²) >= 11 is 1.73. The zero-order valence-corrected chi connectivity index (χ0v) is 19.6. The summed E-state index contributed by atoms with van der Waals surface area (Å²) in [5.41, 5.74) is 2.36. The minimum absolute atomic E-state index is 0.0497. The zero-order valence-electron chi connectivity index (χ0n) is 18.8. The summed E-state index contributed by atoms with van der Waals surface area (Å²) in [5.74, 6) is 0.464. The molecule has 3 aromatic carbocycles. The highest BCUT2D eigenvalue weighted by molar-refractivity contribution is 7.19. The average molecular weight is 476 g/mol. The molecule has 6 heteroatoms. The summed E-state index contributed by atoms with van der Waals surface area (Å²) < 4.78 is 1.24. The van der Waals surface area contributed by atoms with Gasteiger partial charge in [-0.15, -0.1) is 11.3 Å². The molecule has 0 fully saturated rings. The number of aryl methyl sites for hydroxylation is 1. The van der Waals surface area contributed by atoms with E-state index in [4.69, 9.17) is 0 Å². The lowest BCUT2D eigenvalue weighted by Crippen LogP contribution is -2.07. The Hall–Kier alpha value is -4.16. The molecule has 0 aliphatic rings. The molecule has 6 rings (SSSR count). The van der Waals surface area contributed by atoms with Crippen LogP contribution in [0.25, 0.3) is 31.9 Å². The van der Waals surface area contributed by atoms with Gasteiger partial charge in [-0.05, 0) is 47.5 Å². The number of para-hydroxylation sites is 1. The SMILES string of the molecule is O=C(Cc1nc2c(C(=O)CCc3cc4ccccc4s3)cccc2[nH]1)c1cc2ccccc2cn1. The van der Waals surface area contributed by atoms with Crippen molar-refractivity contribution in [2.45, 2.75) is 19.3 Å². The van der Waals surface area contributed by atoms with Crippen molar-refractivity contribution in [1.29, 1.82) is 0 Å². The number of thiophene rings is 1. The molecule has 0 aliphatic carbocycles. The monoisotopic (exact) mass is 475 g/mol. The van der Waals surface area contributed by atoms with Crippen LogP contribution in [0, 0.1) is 0 Å². The van der Waals surface area contributed by atoms with Crippen molar-refractivity contribution in [2.75, 3.05) is 0 Å².